The van der Waals surface area contributed by atoms with E-state index >= 15 is 0 Å². The average Bonchev–Trinajstić information content (AvgIpc) is 1.76. The molecule has 1 heterocycles. The van der Waals surface area contributed by atoms with Crippen LogP contribution in [0.2, 0.25) is 0 Å². The zero-order chi connectivity index (χ0) is 3.54. The summed E-state index contributed by atoms with van der Waals surface area (Å²) in [6, 6.07) is 0. The Morgan fingerprint density at radius 3 is 2.50 bits per heavy atom. The van der Waals surface area contributed by atoms with Crippen LogP contribution in [0.15, 0.2) is 4.99 Å². The second-order valence-electron chi connectivity index (χ2n) is 1.23. The molecule has 6 heavy (non-hydrogen) atoms. The van der Waals surface area contributed by atoms with E-state index in [1.807, 2.05) is 6.21 Å². The molecule has 0 amide bonds. The summed E-state index contributed by atoms with van der Waals surface area (Å²) in [7, 11) is 0. The van der Waals surface area contributed by atoms with Gasteiger partial charge in [0.15, 0.2) is 0 Å². The van der Waals surface area contributed by atoms with E-state index in [9.17, 15) is 0 Å². The monoisotopic (exact) mass is 151 g/mol. The normalized spacial score (nSPS) is 17.3. The molecule has 0 aromatic heterocycles. The second-order valence-corrected chi connectivity index (χ2v) is 1.23. The summed E-state index contributed by atoms with van der Waals surface area (Å²) in [5, 5.41) is 0. The zero-order valence-electron chi connectivity index (χ0n) is 3.65. The molecular weight excluding hydrogens is 141 g/mol. The summed E-state index contributed by atoms with van der Waals surface area (Å²) >= 11 is 0. The Bertz CT molecular complexity index is 45.5. The van der Waals surface area contributed by atoms with Crippen molar-refractivity contribution in [3.63, 3.8) is 0 Å². The summed E-state index contributed by atoms with van der Waals surface area (Å²) < 4.78 is 0. The zero-order valence-corrected chi connectivity index (χ0v) is 5.74. The van der Waals surface area contributed by atoms with Crippen LogP contribution in [0.3, 0.4) is 0 Å². The van der Waals surface area contributed by atoms with Crippen molar-refractivity contribution in [1.82, 2.24) is 0 Å². The Hall–Kier alpha value is 0.189. The molecule has 0 saturated carbocycles. The summed E-state index contributed by atoms with van der Waals surface area (Å²) in [4.78, 5) is 3.96. The van der Waals surface area contributed by atoms with Crippen LogP contribution in [0.4, 0.5) is 0 Å². The van der Waals surface area contributed by atoms with Crippen molar-refractivity contribution in [2.45, 2.75) is 12.8 Å². The molecule has 0 spiro atoms. The third-order valence-corrected chi connectivity index (χ3v) is 0.750. The van der Waals surface area contributed by atoms with E-state index in [1.54, 1.807) is 0 Å². The van der Waals surface area contributed by atoms with Crippen molar-refractivity contribution >= 4 is 23.3 Å². The fourth-order valence-electron chi connectivity index (χ4n) is 0.456. The number of hydrogen-bond donors (Lipinski definition) is 0. The molecule has 1 aliphatic heterocycles. The number of nitrogens with zero attached hydrogens (tertiary/aromatic N) is 1. The van der Waals surface area contributed by atoms with E-state index in [0.717, 1.165) is 6.54 Å². The van der Waals surface area contributed by atoms with Gasteiger partial charge in [-0.25, -0.2) is 0 Å². The fourth-order valence-corrected chi connectivity index (χ4v) is 0.456. The Morgan fingerprint density at radius 2 is 2.33 bits per heavy atom. The van der Waals surface area contributed by atoms with Crippen molar-refractivity contribution in [2.24, 2.45) is 4.99 Å². The second kappa shape index (κ2) is 3.38. The van der Waals surface area contributed by atoms with Crippen molar-refractivity contribution in [3.05, 3.63) is 0 Å². The van der Waals surface area contributed by atoms with Crippen molar-refractivity contribution in [1.29, 1.82) is 0 Å². The first-order chi connectivity index (χ1) is 2.50. The van der Waals surface area contributed by atoms with Gasteiger partial charge < -0.3 is 0 Å². The van der Waals surface area contributed by atoms with E-state index in [2.05, 4.69) is 4.99 Å². The first kappa shape index (κ1) is 6.19. The number of hydrogen-bond acceptors (Lipinski definition) is 1. The van der Waals surface area contributed by atoms with Gasteiger partial charge in [0.25, 0.3) is 0 Å². The van der Waals surface area contributed by atoms with Gasteiger partial charge in [-0.15, -0.1) is 0 Å². The van der Waals surface area contributed by atoms with Crippen LogP contribution in [0.1, 0.15) is 12.8 Å². The molecule has 0 N–H and O–H groups in total. The summed E-state index contributed by atoms with van der Waals surface area (Å²) in [6.45, 7) is 1.07. The quantitative estimate of drug-likeness (QED) is 0.429. The maximum absolute atomic E-state index is 3.96. The summed E-state index contributed by atoms with van der Waals surface area (Å²) in [5.41, 5.74) is 0. The fraction of sp³-hybridized carbons (Fsp3) is 0.750. The molecule has 1 nitrogen and oxygen atoms in total. The summed E-state index contributed by atoms with van der Waals surface area (Å²) in [6.07, 6.45) is 4.47. The average molecular weight is 150 g/mol. The van der Waals surface area contributed by atoms with Gasteiger partial charge in [0.1, 0.15) is 0 Å². The molecule has 0 atom stereocenters. The van der Waals surface area contributed by atoms with Crippen LogP contribution in [0.25, 0.3) is 0 Å². The van der Waals surface area contributed by atoms with E-state index in [0.29, 0.717) is 0 Å². The van der Waals surface area contributed by atoms with Gasteiger partial charge in [-0.1, -0.05) is 0 Å². The Balaban J connectivity index is 0.000000250. The molecule has 0 saturated heterocycles. The third kappa shape index (κ3) is 1.58. The Kier molecular flexibility index (Phi) is 3.49. The van der Waals surface area contributed by atoms with Crippen LogP contribution in [-0.4, -0.2) is 29.8 Å². The van der Waals surface area contributed by atoms with Crippen LogP contribution in [-0.2, 0) is 0 Å². The van der Waals surface area contributed by atoms with E-state index in [1.165, 1.54) is 12.8 Å². The molecule has 0 fully saturated rings. The van der Waals surface area contributed by atoms with Crippen LogP contribution in [0.5, 0.6) is 0 Å². The van der Waals surface area contributed by atoms with Gasteiger partial charge in [-0.3, -0.25) is 4.99 Å². The maximum atomic E-state index is 3.96. The first-order valence-corrected chi connectivity index (χ1v) is 1.98. The van der Waals surface area contributed by atoms with Gasteiger partial charge in [-0.05, 0) is 19.1 Å². The van der Waals surface area contributed by atoms with Crippen LogP contribution >= 0.6 is 0 Å². The molecule has 0 aromatic carbocycles. The Morgan fingerprint density at radius 1 is 1.50 bits per heavy atom. The number of rotatable bonds is 0. The standard InChI is InChI=1S/C4H7N.H2Se/c1-2-4-5-3-1;/h3H,1-2,4H2;1H2. The molecule has 0 aromatic rings. The molecule has 1 aliphatic rings. The van der Waals surface area contributed by atoms with Gasteiger partial charge in [0.05, 0.1) is 0 Å². The molecule has 0 radical (unpaired) electrons. The van der Waals surface area contributed by atoms with Gasteiger partial charge >= 0.3 is 17.1 Å². The molecule has 0 unspecified atom stereocenters. The van der Waals surface area contributed by atoms with Crippen LogP contribution in [0, 0.1) is 0 Å². The van der Waals surface area contributed by atoms with Crippen molar-refractivity contribution < 1.29 is 0 Å². The molecular formula is C4H9NSe. The van der Waals surface area contributed by atoms with Crippen LogP contribution < -0.4 is 0 Å². The minimum atomic E-state index is 0. The SMILES string of the molecule is C1=NCCC1.[SeH2]. The minimum absolute atomic E-state index is 0. The molecule has 36 valence electrons. The molecule has 2 heteroatoms. The molecule has 0 aliphatic carbocycles. The van der Waals surface area contributed by atoms with E-state index < -0.39 is 0 Å². The molecule has 0 bridgehead atoms. The van der Waals surface area contributed by atoms with Crippen molar-refractivity contribution in [3.8, 4) is 0 Å². The number of aliphatic imine (C=N–C) groups is 1. The summed E-state index contributed by atoms with van der Waals surface area (Å²) in [5.74, 6) is 0. The predicted octanol–water partition coefficient (Wildman–Crippen LogP) is -0.0652. The van der Waals surface area contributed by atoms with E-state index in [-0.39, 0.29) is 17.1 Å². The van der Waals surface area contributed by atoms with E-state index in [4.69, 9.17) is 0 Å². The third-order valence-electron chi connectivity index (χ3n) is 0.750. The molecule has 1 rings (SSSR count). The van der Waals surface area contributed by atoms with Crippen molar-refractivity contribution in [2.75, 3.05) is 6.54 Å². The Labute approximate surface area is 48.3 Å². The topological polar surface area (TPSA) is 12.4 Å². The van der Waals surface area contributed by atoms with Gasteiger partial charge in [0, 0.05) is 6.54 Å². The predicted molar refractivity (Wildman–Crippen MR) is 31.1 cm³/mol. The van der Waals surface area contributed by atoms with Gasteiger partial charge in [0.2, 0.25) is 0 Å². The van der Waals surface area contributed by atoms with Gasteiger partial charge in [-0.2, -0.15) is 0 Å². The first-order valence-electron chi connectivity index (χ1n) is 1.98.